The zero-order valence-electron chi connectivity index (χ0n) is 9.89. The Bertz CT molecular complexity index is 569. The first-order valence-electron chi connectivity index (χ1n) is 5.79. The van der Waals surface area contributed by atoms with E-state index < -0.39 is 5.97 Å². The van der Waals surface area contributed by atoms with E-state index in [2.05, 4.69) is 10.3 Å². The Labute approximate surface area is 105 Å². The van der Waals surface area contributed by atoms with Crippen molar-refractivity contribution in [3.8, 4) is 0 Å². The molecule has 5 heteroatoms. The molecular formula is C13H15N3O2. The fourth-order valence-corrected chi connectivity index (χ4v) is 1.76. The van der Waals surface area contributed by atoms with Crippen LogP contribution in [0.25, 0.3) is 10.9 Å². The maximum Gasteiger partial charge on any atom is 0.336 e. The second kappa shape index (κ2) is 5.46. The molecule has 0 fully saturated rings. The molecule has 0 radical (unpaired) electrons. The van der Waals surface area contributed by atoms with Crippen molar-refractivity contribution in [2.75, 3.05) is 18.4 Å². The number of nitrogens with one attached hydrogen (secondary N) is 1. The maximum absolute atomic E-state index is 11.2. The van der Waals surface area contributed by atoms with E-state index in [1.54, 1.807) is 24.3 Å². The average molecular weight is 245 g/mol. The third-order valence-corrected chi connectivity index (χ3v) is 2.63. The van der Waals surface area contributed by atoms with E-state index in [1.807, 2.05) is 6.07 Å². The van der Waals surface area contributed by atoms with Gasteiger partial charge >= 0.3 is 5.97 Å². The first-order chi connectivity index (χ1) is 8.72. The minimum Gasteiger partial charge on any atom is -0.478 e. The molecule has 1 aromatic heterocycles. The molecule has 0 saturated heterocycles. The van der Waals surface area contributed by atoms with Gasteiger partial charge in [-0.15, -0.1) is 0 Å². The third kappa shape index (κ3) is 2.57. The van der Waals surface area contributed by atoms with Gasteiger partial charge < -0.3 is 16.2 Å². The van der Waals surface area contributed by atoms with Crippen LogP contribution in [0.2, 0.25) is 0 Å². The summed E-state index contributed by atoms with van der Waals surface area (Å²) in [5.74, 6) is -0.380. The van der Waals surface area contributed by atoms with Crippen LogP contribution in [0.1, 0.15) is 16.8 Å². The molecule has 0 atom stereocenters. The summed E-state index contributed by atoms with van der Waals surface area (Å²) in [6.45, 7) is 1.27. The predicted molar refractivity (Wildman–Crippen MR) is 70.9 cm³/mol. The molecule has 4 N–H and O–H groups in total. The number of carboxylic acids is 1. The van der Waals surface area contributed by atoms with E-state index in [0.717, 1.165) is 6.42 Å². The Kier molecular flexibility index (Phi) is 3.74. The van der Waals surface area contributed by atoms with Crippen LogP contribution in [0.15, 0.2) is 30.3 Å². The number of carbonyl (C=O) groups is 1. The monoisotopic (exact) mass is 245 g/mol. The summed E-state index contributed by atoms with van der Waals surface area (Å²) in [5.41, 5.74) is 6.34. The van der Waals surface area contributed by atoms with Crippen molar-refractivity contribution in [3.05, 3.63) is 35.9 Å². The van der Waals surface area contributed by atoms with Gasteiger partial charge in [-0.25, -0.2) is 9.78 Å². The van der Waals surface area contributed by atoms with Crippen molar-refractivity contribution >= 4 is 22.7 Å². The van der Waals surface area contributed by atoms with Crippen LogP contribution >= 0.6 is 0 Å². The maximum atomic E-state index is 11.2. The summed E-state index contributed by atoms with van der Waals surface area (Å²) in [6, 6.07) is 8.76. The molecule has 18 heavy (non-hydrogen) atoms. The van der Waals surface area contributed by atoms with Crippen molar-refractivity contribution < 1.29 is 9.90 Å². The normalized spacial score (nSPS) is 10.5. The number of para-hydroxylation sites is 1. The number of anilines is 1. The molecule has 0 amide bonds. The van der Waals surface area contributed by atoms with Crippen LogP contribution in [0.3, 0.4) is 0 Å². The van der Waals surface area contributed by atoms with E-state index in [4.69, 9.17) is 5.73 Å². The number of carboxylic acid groups (broad SMARTS) is 1. The molecule has 1 heterocycles. The Hall–Kier alpha value is -2.14. The number of benzene rings is 1. The molecule has 0 aliphatic heterocycles. The van der Waals surface area contributed by atoms with Crippen LogP contribution in [-0.2, 0) is 0 Å². The van der Waals surface area contributed by atoms with Gasteiger partial charge in [0.2, 0.25) is 0 Å². The van der Waals surface area contributed by atoms with Gasteiger partial charge in [0.25, 0.3) is 0 Å². The number of hydrogen-bond acceptors (Lipinski definition) is 4. The highest BCUT2D eigenvalue weighted by atomic mass is 16.4. The Balaban J connectivity index is 2.41. The number of aromatic carboxylic acids is 1. The summed E-state index contributed by atoms with van der Waals surface area (Å²) in [6.07, 6.45) is 0.816. The van der Waals surface area contributed by atoms with Gasteiger partial charge in [-0.2, -0.15) is 0 Å². The molecule has 2 rings (SSSR count). The van der Waals surface area contributed by atoms with E-state index in [1.165, 1.54) is 0 Å². The quantitative estimate of drug-likeness (QED) is 0.698. The molecule has 0 spiro atoms. The lowest BCUT2D eigenvalue weighted by Crippen LogP contribution is -2.10. The number of pyridine rings is 1. The molecule has 94 valence electrons. The van der Waals surface area contributed by atoms with Crippen molar-refractivity contribution in [2.45, 2.75) is 6.42 Å². The Morgan fingerprint density at radius 3 is 2.89 bits per heavy atom. The van der Waals surface area contributed by atoms with Crippen molar-refractivity contribution in [1.82, 2.24) is 4.98 Å². The lowest BCUT2D eigenvalue weighted by molar-refractivity contribution is 0.0699. The fourth-order valence-electron chi connectivity index (χ4n) is 1.76. The van der Waals surface area contributed by atoms with Crippen LogP contribution in [0.4, 0.5) is 5.82 Å². The molecule has 1 aromatic carbocycles. The highest BCUT2D eigenvalue weighted by Crippen LogP contribution is 2.20. The highest BCUT2D eigenvalue weighted by molar-refractivity contribution is 6.03. The smallest absolute Gasteiger partial charge is 0.336 e. The van der Waals surface area contributed by atoms with Crippen LogP contribution in [0.5, 0.6) is 0 Å². The van der Waals surface area contributed by atoms with Gasteiger partial charge in [-0.05, 0) is 25.1 Å². The standard InChI is InChI=1S/C13H15N3O2/c14-6-3-7-15-12-8-10(13(17)18)9-4-1-2-5-11(9)16-12/h1-2,4-5,8H,3,6-7,14H2,(H,15,16)(H,17,18). The molecule has 0 saturated carbocycles. The number of fused-ring (bicyclic) bond motifs is 1. The highest BCUT2D eigenvalue weighted by Gasteiger charge is 2.10. The van der Waals surface area contributed by atoms with E-state index in [0.29, 0.717) is 29.8 Å². The van der Waals surface area contributed by atoms with E-state index >= 15 is 0 Å². The summed E-state index contributed by atoms with van der Waals surface area (Å²) < 4.78 is 0. The third-order valence-electron chi connectivity index (χ3n) is 2.63. The average Bonchev–Trinajstić information content (AvgIpc) is 2.38. The number of aromatic nitrogens is 1. The fraction of sp³-hybridized carbons (Fsp3) is 0.231. The first kappa shape index (κ1) is 12.3. The van der Waals surface area contributed by atoms with Gasteiger partial charge in [0.15, 0.2) is 0 Å². The summed E-state index contributed by atoms with van der Waals surface area (Å²) in [4.78, 5) is 15.6. The predicted octanol–water partition coefficient (Wildman–Crippen LogP) is 1.69. The molecule has 2 aromatic rings. The number of nitrogens with zero attached hydrogens (tertiary/aromatic N) is 1. The topological polar surface area (TPSA) is 88.2 Å². The summed E-state index contributed by atoms with van der Waals surface area (Å²) >= 11 is 0. The zero-order valence-corrected chi connectivity index (χ0v) is 9.89. The number of rotatable bonds is 5. The Morgan fingerprint density at radius 1 is 1.39 bits per heavy atom. The SMILES string of the molecule is NCCCNc1cc(C(=O)O)c2ccccc2n1. The molecular weight excluding hydrogens is 230 g/mol. The van der Waals surface area contributed by atoms with Crippen molar-refractivity contribution in [3.63, 3.8) is 0 Å². The van der Waals surface area contributed by atoms with E-state index in [-0.39, 0.29) is 5.56 Å². The van der Waals surface area contributed by atoms with Crippen molar-refractivity contribution in [2.24, 2.45) is 5.73 Å². The van der Waals surface area contributed by atoms with Gasteiger partial charge in [-0.1, -0.05) is 18.2 Å². The molecule has 0 unspecified atom stereocenters. The lowest BCUT2D eigenvalue weighted by atomic mass is 10.1. The second-order valence-corrected chi connectivity index (χ2v) is 3.95. The van der Waals surface area contributed by atoms with Gasteiger partial charge in [0.1, 0.15) is 5.82 Å². The van der Waals surface area contributed by atoms with Gasteiger partial charge in [-0.3, -0.25) is 0 Å². The van der Waals surface area contributed by atoms with Crippen LogP contribution in [-0.4, -0.2) is 29.1 Å². The van der Waals surface area contributed by atoms with Crippen molar-refractivity contribution in [1.29, 1.82) is 0 Å². The summed E-state index contributed by atoms with van der Waals surface area (Å²) in [7, 11) is 0. The molecule has 5 nitrogen and oxygen atoms in total. The lowest BCUT2D eigenvalue weighted by Gasteiger charge is -2.08. The first-order valence-corrected chi connectivity index (χ1v) is 5.79. The van der Waals surface area contributed by atoms with Gasteiger partial charge in [0.05, 0.1) is 11.1 Å². The largest absolute Gasteiger partial charge is 0.478 e. The summed E-state index contributed by atoms with van der Waals surface area (Å²) in [5, 5.41) is 12.9. The minimum atomic E-state index is -0.949. The zero-order chi connectivity index (χ0) is 13.0. The Morgan fingerprint density at radius 2 is 2.17 bits per heavy atom. The minimum absolute atomic E-state index is 0.260. The molecule has 0 aliphatic carbocycles. The number of nitrogens with two attached hydrogens (primary N) is 1. The van der Waals surface area contributed by atoms with E-state index in [9.17, 15) is 9.90 Å². The second-order valence-electron chi connectivity index (χ2n) is 3.95. The number of hydrogen-bond donors (Lipinski definition) is 3. The molecule has 0 bridgehead atoms. The van der Waals surface area contributed by atoms with Crippen LogP contribution < -0.4 is 11.1 Å². The molecule has 0 aliphatic rings. The van der Waals surface area contributed by atoms with Crippen LogP contribution in [0, 0.1) is 0 Å². The van der Waals surface area contributed by atoms with Gasteiger partial charge in [0, 0.05) is 11.9 Å².